The van der Waals surface area contributed by atoms with E-state index in [1.165, 1.54) is 16.7 Å². The van der Waals surface area contributed by atoms with E-state index in [4.69, 9.17) is 0 Å². The second kappa shape index (κ2) is 4.34. The van der Waals surface area contributed by atoms with Crippen LogP contribution in [0.25, 0.3) is 5.57 Å². The van der Waals surface area contributed by atoms with Crippen molar-refractivity contribution in [3.8, 4) is 0 Å². The lowest BCUT2D eigenvalue weighted by Crippen LogP contribution is -2.26. The first kappa shape index (κ1) is 11.5. The molecule has 2 aromatic rings. The van der Waals surface area contributed by atoms with Gasteiger partial charge < -0.3 is 4.90 Å². The van der Waals surface area contributed by atoms with E-state index in [0.717, 1.165) is 24.1 Å². The first-order valence-electron chi connectivity index (χ1n) is 7.02. The summed E-state index contributed by atoms with van der Waals surface area (Å²) in [4.78, 5) is 14.5. The highest BCUT2D eigenvalue weighted by Crippen LogP contribution is 2.38. The minimum Gasteiger partial charge on any atom is -0.304 e. The van der Waals surface area contributed by atoms with E-state index in [1.807, 2.05) is 35.2 Å². The Balaban J connectivity index is 1.77. The molecule has 0 saturated heterocycles. The minimum absolute atomic E-state index is 0.181. The Morgan fingerprint density at radius 3 is 2.40 bits per heavy atom. The van der Waals surface area contributed by atoms with Crippen molar-refractivity contribution in [2.75, 3.05) is 11.4 Å². The summed E-state index contributed by atoms with van der Waals surface area (Å²) in [5.74, 6) is 0.181. The van der Waals surface area contributed by atoms with Crippen molar-refractivity contribution in [3.63, 3.8) is 0 Å². The Bertz CT molecular complexity index is 715. The number of hydrogen-bond donors (Lipinski definition) is 0. The molecule has 20 heavy (non-hydrogen) atoms. The highest BCUT2D eigenvalue weighted by Gasteiger charge is 2.34. The number of para-hydroxylation sites is 1. The summed E-state index contributed by atoms with van der Waals surface area (Å²) in [6.07, 6.45) is 1.85. The van der Waals surface area contributed by atoms with Gasteiger partial charge in [-0.25, -0.2) is 0 Å². The molecule has 2 aromatic carbocycles. The third-order valence-electron chi connectivity index (χ3n) is 4.24. The van der Waals surface area contributed by atoms with Crippen LogP contribution in [0.4, 0.5) is 5.69 Å². The topological polar surface area (TPSA) is 20.3 Å². The van der Waals surface area contributed by atoms with E-state index < -0.39 is 0 Å². The van der Waals surface area contributed by atoms with Crippen molar-refractivity contribution in [1.29, 1.82) is 0 Å². The molecule has 0 atom stereocenters. The van der Waals surface area contributed by atoms with Crippen LogP contribution < -0.4 is 4.90 Å². The molecule has 1 aliphatic heterocycles. The molecule has 1 heterocycles. The van der Waals surface area contributed by atoms with Gasteiger partial charge >= 0.3 is 0 Å². The highest BCUT2D eigenvalue weighted by atomic mass is 16.2. The molecule has 0 aromatic heterocycles. The van der Waals surface area contributed by atoms with Crippen molar-refractivity contribution >= 4 is 17.2 Å². The standard InChI is InChI=1S/C18H15NO/c20-18-16-11-10-13-6-4-5-9-15(13)17(16)12-19(18)14-7-2-1-3-8-14/h1-9H,10-12H2. The van der Waals surface area contributed by atoms with Gasteiger partial charge in [-0.15, -0.1) is 0 Å². The molecule has 2 aliphatic rings. The Hall–Kier alpha value is -2.35. The molecule has 0 saturated carbocycles. The first-order chi connectivity index (χ1) is 9.84. The molecule has 0 unspecified atom stereocenters. The predicted molar refractivity (Wildman–Crippen MR) is 80.5 cm³/mol. The summed E-state index contributed by atoms with van der Waals surface area (Å²) < 4.78 is 0. The van der Waals surface area contributed by atoms with Gasteiger partial charge in [-0.05, 0) is 41.7 Å². The molecule has 1 aliphatic carbocycles. The van der Waals surface area contributed by atoms with Gasteiger partial charge in [0, 0.05) is 11.3 Å². The summed E-state index contributed by atoms with van der Waals surface area (Å²) in [6, 6.07) is 18.4. The Kier molecular flexibility index (Phi) is 2.49. The van der Waals surface area contributed by atoms with Crippen LogP contribution in [-0.4, -0.2) is 12.5 Å². The van der Waals surface area contributed by atoms with Gasteiger partial charge in [0.25, 0.3) is 5.91 Å². The number of fused-ring (bicyclic) bond motifs is 2. The largest absolute Gasteiger partial charge is 0.304 e. The van der Waals surface area contributed by atoms with Gasteiger partial charge in [0.1, 0.15) is 0 Å². The van der Waals surface area contributed by atoms with Crippen molar-refractivity contribution in [2.45, 2.75) is 12.8 Å². The van der Waals surface area contributed by atoms with E-state index in [1.54, 1.807) is 0 Å². The van der Waals surface area contributed by atoms with Crippen LogP contribution in [0.3, 0.4) is 0 Å². The molecule has 0 bridgehead atoms. The molecule has 0 spiro atoms. The monoisotopic (exact) mass is 261 g/mol. The lowest BCUT2D eigenvalue weighted by molar-refractivity contribution is -0.114. The molecular formula is C18H15NO. The summed E-state index contributed by atoms with van der Waals surface area (Å²) in [6.45, 7) is 0.704. The fourth-order valence-electron chi connectivity index (χ4n) is 3.23. The third kappa shape index (κ3) is 1.61. The van der Waals surface area contributed by atoms with Crippen LogP contribution in [-0.2, 0) is 11.2 Å². The number of anilines is 1. The number of hydrogen-bond acceptors (Lipinski definition) is 1. The quantitative estimate of drug-likeness (QED) is 0.770. The van der Waals surface area contributed by atoms with E-state index in [-0.39, 0.29) is 5.91 Å². The maximum atomic E-state index is 12.6. The van der Waals surface area contributed by atoms with Gasteiger partial charge in [-0.3, -0.25) is 4.79 Å². The zero-order valence-electron chi connectivity index (χ0n) is 11.2. The fourth-order valence-corrected chi connectivity index (χ4v) is 3.23. The second-order valence-electron chi connectivity index (χ2n) is 5.34. The van der Waals surface area contributed by atoms with E-state index in [0.29, 0.717) is 6.54 Å². The average Bonchev–Trinajstić information content (AvgIpc) is 2.86. The Labute approximate surface area is 118 Å². The molecule has 2 nitrogen and oxygen atoms in total. The van der Waals surface area contributed by atoms with Crippen LogP contribution in [0, 0.1) is 0 Å². The van der Waals surface area contributed by atoms with Gasteiger partial charge in [0.2, 0.25) is 0 Å². The van der Waals surface area contributed by atoms with Crippen LogP contribution in [0.1, 0.15) is 17.5 Å². The third-order valence-corrected chi connectivity index (χ3v) is 4.24. The zero-order chi connectivity index (χ0) is 13.5. The maximum absolute atomic E-state index is 12.6. The molecule has 0 N–H and O–H groups in total. The number of carbonyl (C=O) groups excluding carboxylic acids is 1. The van der Waals surface area contributed by atoms with Crippen LogP contribution in [0.5, 0.6) is 0 Å². The predicted octanol–water partition coefficient (Wildman–Crippen LogP) is 3.43. The molecule has 0 fully saturated rings. The first-order valence-corrected chi connectivity index (χ1v) is 7.02. The molecule has 1 amide bonds. The average molecular weight is 261 g/mol. The fraction of sp³-hybridized carbons (Fsp3) is 0.167. The summed E-state index contributed by atoms with van der Waals surface area (Å²) in [5.41, 5.74) is 5.85. The van der Waals surface area contributed by atoms with E-state index in [2.05, 4.69) is 24.3 Å². The molecule has 4 rings (SSSR count). The van der Waals surface area contributed by atoms with Crippen molar-refractivity contribution in [2.24, 2.45) is 0 Å². The lowest BCUT2D eigenvalue weighted by Gasteiger charge is -2.17. The van der Waals surface area contributed by atoms with Crippen molar-refractivity contribution in [1.82, 2.24) is 0 Å². The zero-order valence-corrected chi connectivity index (χ0v) is 11.2. The van der Waals surface area contributed by atoms with Crippen molar-refractivity contribution in [3.05, 3.63) is 71.3 Å². The summed E-state index contributed by atoms with van der Waals surface area (Å²) >= 11 is 0. The molecule has 2 heteroatoms. The summed E-state index contributed by atoms with van der Waals surface area (Å²) in [5, 5.41) is 0. The molecular weight excluding hydrogens is 246 g/mol. The normalized spacial score (nSPS) is 17.2. The van der Waals surface area contributed by atoms with Crippen molar-refractivity contribution < 1.29 is 4.79 Å². The number of aryl methyl sites for hydroxylation is 1. The number of amides is 1. The van der Waals surface area contributed by atoms with Gasteiger partial charge in [-0.2, -0.15) is 0 Å². The Morgan fingerprint density at radius 2 is 1.55 bits per heavy atom. The number of nitrogens with zero attached hydrogens (tertiary/aromatic N) is 1. The van der Waals surface area contributed by atoms with Crippen LogP contribution >= 0.6 is 0 Å². The van der Waals surface area contributed by atoms with E-state index >= 15 is 0 Å². The smallest absolute Gasteiger partial charge is 0.254 e. The van der Waals surface area contributed by atoms with Gasteiger partial charge in [-0.1, -0.05) is 42.5 Å². The van der Waals surface area contributed by atoms with Crippen LogP contribution in [0.15, 0.2) is 60.2 Å². The SMILES string of the molecule is O=C1C2=C(CN1c1ccccc1)c1ccccc1CC2. The van der Waals surface area contributed by atoms with Gasteiger partial charge in [0.15, 0.2) is 0 Å². The Morgan fingerprint density at radius 1 is 0.800 bits per heavy atom. The van der Waals surface area contributed by atoms with Gasteiger partial charge in [0.05, 0.1) is 6.54 Å². The minimum atomic E-state index is 0.181. The molecule has 98 valence electrons. The number of benzene rings is 2. The summed E-state index contributed by atoms with van der Waals surface area (Å²) in [7, 11) is 0. The maximum Gasteiger partial charge on any atom is 0.254 e. The van der Waals surface area contributed by atoms with Crippen LogP contribution in [0.2, 0.25) is 0 Å². The van der Waals surface area contributed by atoms with E-state index in [9.17, 15) is 4.79 Å². The second-order valence-corrected chi connectivity index (χ2v) is 5.34. The number of carbonyl (C=O) groups is 1. The highest BCUT2D eigenvalue weighted by molar-refractivity contribution is 6.16. The molecule has 0 radical (unpaired) electrons. The lowest BCUT2D eigenvalue weighted by atomic mass is 9.87. The number of rotatable bonds is 1.